The molecule has 0 bridgehead atoms. The van der Waals surface area contributed by atoms with E-state index in [4.69, 9.17) is 11.6 Å². The van der Waals surface area contributed by atoms with Crippen molar-refractivity contribution in [1.82, 2.24) is 4.72 Å². The second kappa shape index (κ2) is 5.38. The number of sulfonamides is 1. The molecule has 1 unspecified atom stereocenters. The van der Waals surface area contributed by atoms with E-state index in [2.05, 4.69) is 4.72 Å². The third kappa shape index (κ3) is 3.98. The van der Waals surface area contributed by atoms with Crippen LogP contribution in [-0.2, 0) is 10.0 Å². The van der Waals surface area contributed by atoms with E-state index in [0.29, 0.717) is 0 Å². The minimum Gasteiger partial charge on any atom is -0.213 e. The zero-order valence-corrected chi connectivity index (χ0v) is 11.8. The summed E-state index contributed by atoms with van der Waals surface area (Å²) in [5.74, 6) is 0. The zero-order chi connectivity index (χ0) is 13.1. The number of hydrogen-bond donors (Lipinski definition) is 1. The Morgan fingerprint density at radius 1 is 1.24 bits per heavy atom. The Balaban J connectivity index is 2.64. The highest BCUT2D eigenvalue weighted by atomic mass is 35.5. The number of benzene rings is 1. The molecule has 1 aromatic carbocycles. The molecule has 96 valence electrons. The molecular formula is C12H18ClNO2S. The number of hydrogen-bond acceptors (Lipinski definition) is 2. The summed E-state index contributed by atoms with van der Waals surface area (Å²) in [5, 5.41) is -0.353. The van der Waals surface area contributed by atoms with Crippen molar-refractivity contribution in [2.75, 3.05) is 6.54 Å². The summed E-state index contributed by atoms with van der Waals surface area (Å²) < 4.78 is 25.4. The minimum atomic E-state index is -3.34. The van der Waals surface area contributed by atoms with Crippen molar-refractivity contribution in [3.63, 3.8) is 0 Å². The summed E-state index contributed by atoms with van der Waals surface area (Å²) in [6.45, 7) is 5.16. The summed E-state index contributed by atoms with van der Waals surface area (Å²) in [7, 11) is -3.34. The lowest BCUT2D eigenvalue weighted by Gasteiger charge is -2.21. The first kappa shape index (κ1) is 14.5. The van der Waals surface area contributed by atoms with Crippen LogP contribution in [0.4, 0.5) is 0 Å². The molecule has 0 amide bonds. The Bertz CT molecular complexity index is 451. The number of alkyl halides is 1. The average molecular weight is 276 g/mol. The van der Waals surface area contributed by atoms with Crippen LogP contribution in [0.25, 0.3) is 0 Å². The fourth-order valence-corrected chi connectivity index (χ4v) is 2.31. The SMILES string of the molecule is CC(C)(C)S(=O)(=O)NCC(Cl)c1ccccc1. The van der Waals surface area contributed by atoms with Crippen LogP contribution < -0.4 is 4.72 Å². The van der Waals surface area contributed by atoms with Gasteiger partial charge in [0.05, 0.1) is 10.1 Å². The monoisotopic (exact) mass is 275 g/mol. The predicted octanol–water partition coefficient (Wildman–Crippen LogP) is 2.68. The van der Waals surface area contributed by atoms with Gasteiger partial charge in [-0.25, -0.2) is 13.1 Å². The molecule has 0 saturated heterocycles. The molecule has 0 aromatic heterocycles. The summed E-state index contributed by atoms with van der Waals surface area (Å²) in [4.78, 5) is 0. The molecule has 0 aliphatic carbocycles. The van der Waals surface area contributed by atoms with Gasteiger partial charge in [0, 0.05) is 6.54 Å². The van der Waals surface area contributed by atoms with E-state index >= 15 is 0 Å². The van der Waals surface area contributed by atoms with Gasteiger partial charge in [0.1, 0.15) is 0 Å². The molecule has 1 aromatic rings. The Kier molecular flexibility index (Phi) is 4.58. The Morgan fingerprint density at radius 2 is 1.76 bits per heavy atom. The van der Waals surface area contributed by atoms with Gasteiger partial charge in [0.2, 0.25) is 10.0 Å². The van der Waals surface area contributed by atoms with E-state index in [1.54, 1.807) is 20.8 Å². The fraction of sp³-hybridized carbons (Fsp3) is 0.500. The highest BCUT2D eigenvalue weighted by Crippen LogP contribution is 2.20. The molecule has 1 atom stereocenters. The zero-order valence-electron chi connectivity index (χ0n) is 10.3. The number of rotatable bonds is 4. The van der Waals surface area contributed by atoms with E-state index in [-0.39, 0.29) is 11.9 Å². The maximum atomic E-state index is 11.8. The van der Waals surface area contributed by atoms with Crippen molar-refractivity contribution in [1.29, 1.82) is 0 Å². The van der Waals surface area contributed by atoms with Gasteiger partial charge < -0.3 is 0 Å². The van der Waals surface area contributed by atoms with Gasteiger partial charge in [-0.1, -0.05) is 30.3 Å². The topological polar surface area (TPSA) is 46.2 Å². The average Bonchev–Trinajstić information content (AvgIpc) is 2.25. The van der Waals surface area contributed by atoms with Crippen molar-refractivity contribution in [2.24, 2.45) is 0 Å². The molecule has 17 heavy (non-hydrogen) atoms. The third-order valence-corrected chi connectivity index (χ3v) is 4.99. The van der Waals surface area contributed by atoms with Crippen LogP contribution in [0.1, 0.15) is 31.7 Å². The Labute approximate surface area is 108 Å². The van der Waals surface area contributed by atoms with Crippen LogP contribution >= 0.6 is 11.6 Å². The molecule has 0 radical (unpaired) electrons. The highest BCUT2D eigenvalue weighted by Gasteiger charge is 2.29. The van der Waals surface area contributed by atoms with E-state index in [9.17, 15) is 8.42 Å². The first-order valence-corrected chi connectivity index (χ1v) is 7.34. The van der Waals surface area contributed by atoms with Gasteiger partial charge in [0.15, 0.2) is 0 Å². The molecule has 0 spiro atoms. The quantitative estimate of drug-likeness (QED) is 0.859. The summed E-state index contributed by atoms with van der Waals surface area (Å²) >= 11 is 6.14. The van der Waals surface area contributed by atoms with Crippen molar-refractivity contribution < 1.29 is 8.42 Å². The molecule has 1 rings (SSSR count). The van der Waals surface area contributed by atoms with E-state index < -0.39 is 14.8 Å². The maximum Gasteiger partial charge on any atom is 0.216 e. The van der Waals surface area contributed by atoms with Gasteiger partial charge in [-0.15, -0.1) is 11.6 Å². The van der Waals surface area contributed by atoms with Gasteiger partial charge in [-0.3, -0.25) is 0 Å². The van der Waals surface area contributed by atoms with Crippen LogP contribution in [-0.4, -0.2) is 19.7 Å². The van der Waals surface area contributed by atoms with E-state index in [1.165, 1.54) is 0 Å². The standard InChI is InChI=1S/C12H18ClNO2S/c1-12(2,3)17(15,16)14-9-11(13)10-7-5-4-6-8-10/h4-8,11,14H,9H2,1-3H3. The number of nitrogens with one attached hydrogen (secondary N) is 1. The molecule has 0 fully saturated rings. The first-order chi connectivity index (χ1) is 7.74. The summed E-state index contributed by atoms with van der Waals surface area (Å²) in [5.41, 5.74) is 0.908. The van der Waals surface area contributed by atoms with Crippen molar-refractivity contribution >= 4 is 21.6 Å². The lowest BCUT2D eigenvalue weighted by Crippen LogP contribution is -2.40. The molecule has 0 aliphatic heterocycles. The molecule has 0 heterocycles. The predicted molar refractivity (Wildman–Crippen MR) is 71.7 cm³/mol. The van der Waals surface area contributed by atoms with Crippen molar-refractivity contribution in [2.45, 2.75) is 30.9 Å². The van der Waals surface area contributed by atoms with Gasteiger partial charge >= 0.3 is 0 Å². The summed E-state index contributed by atoms with van der Waals surface area (Å²) in [6, 6.07) is 9.41. The molecule has 0 saturated carbocycles. The van der Waals surface area contributed by atoms with Crippen LogP contribution in [0.3, 0.4) is 0 Å². The third-order valence-electron chi connectivity index (χ3n) is 2.42. The van der Waals surface area contributed by atoms with Gasteiger partial charge in [-0.05, 0) is 26.3 Å². The van der Waals surface area contributed by atoms with Crippen LogP contribution in [0.2, 0.25) is 0 Å². The van der Waals surface area contributed by atoms with E-state index in [1.807, 2.05) is 30.3 Å². The van der Waals surface area contributed by atoms with E-state index in [0.717, 1.165) is 5.56 Å². The second-order valence-corrected chi connectivity index (χ2v) is 7.89. The Hall–Kier alpha value is -0.580. The van der Waals surface area contributed by atoms with Crippen molar-refractivity contribution in [3.8, 4) is 0 Å². The lowest BCUT2D eigenvalue weighted by molar-refractivity contribution is 0.544. The van der Waals surface area contributed by atoms with Crippen LogP contribution in [0, 0.1) is 0 Å². The summed E-state index contributed by atoms with van der Waals surface area (Å²) in [6.07, 6.45) is 0. The van der Waals surface area contributed by atoms with Crippen LogP contribution in [0.5, 0.6) is 0 Å². The Morgan fingerprint density at radius 3 is 2.24 bits per heavy atom. The molecule has 3 nitrogen and oxygen atoms in total. The highest BCUT2D eigenvalue weighted by molar-refractivity contribution is 7.90. The molecule has 1 N–H and O–H groups in total. The largest absolute Gasteiger partial charge is 0.216 e. The number of halogens is 1. The van der Waals surface area contributed by atoms with Crippen LogP contribution in [0.15, 0.2) is 30.3 Å². The lowest BCUT2D eigenvalue weighted by atomic mass is 10.1. The smallest absolute Gasteiger partial charge is 0.213 e. The van der Waals surface area contributed by atoms with Crippen molar-refractivity contribution in [3.05, 3.63) is 35.9 Å². The van der Waals surface area contributed by atoms with Gasteiger partial charge in [0.25, 0.3) is 0 Å². The minimum absolute atomic E-state index is 0.200. The second-order valence-electron chi connectivity index (χ2n) is 4.84. The first-order valence-electron chi connectivity index (χ1n) is 5.42. The maximum absolute atomic E-state index is 11.8. The van der Waals surface area contributed by atoms with Gasteiger partial charge in [-0.2, -0.15) is 0 Å². The molecule has 5 heteroatoms. The normalized spacial score (nSPS) is 14.6. The molecular weight excluding hydrogens is 258 g/mol. The fourth-order valence-electron chi connectivity index (χ4n) is 1.18. The molecule has 0 aliphatic rings.